The smallest absolute Gasteiger partial charge is 0.462 e. The van der Waals surface area contributed by atoms with Gasteiger partial charge in [0.15, 0.2) is 12.2 Å². The summed E-state index contributed by atoms with van der Waals surface area (Å²) in [5.74, 6) is -2.18. The third kappa shape index (κ3) is 69.2. The molecule has 0 radical (unpaired) electrons. The molecule has 0 amide bonds. The molecular weight excluding hydrogens is 1260 g/mol. The Hall–Kier alpha value is -3.24. The van der Waals surface area contributed by atoms with Gasteiger partial charge in [0.2, 0.25) is 0 Å². The first-order chi connectivity index (χ1) is 46.7. The van der Waals surface area contributed by atoms with Crippen LogP contribution in [0.5, 0.6) is 0 Å². The Labute approximate surface area is 584 Å². The summed E-state index contributed by atoms with van der Waals surface area (Å²) in [5.41, 5.74) is 0. The molecule has 0 aromatic heterocycles. The number of phosphoric ester groups is 2. The van der Waals surface area contributed by atoms with Gasteiger partial charge in [0.05, 0.1) is 26.4 Å². The van der Waals surface area contributed by atoms with Crippen LogP contribution in [0, 0.1) is 0 Å². The van der Waals surface area contributed by atoms with Gasteiger partial charge in [-0.2, -0.15) is 0 Å². The number of aliphatic hydroxyl groups is 1. The van der Waals surface area contributed by atoms with E-state index < -0.39 is 97.5 Å². The van der Waals surface area contributed by atoms with Gasteiger partial charge in [-0.3, -0.25) is 37.3 Å². The van der Waals surface area contributed by atoms with E-state index in [1.54, 1.807) is 0 Å². The van der Waals surface area contributed by atoms with Gasteiger partial charge in [-0.15, -0.1) is 0 Å². The first-order valence-corrected chi connectivity index (χ1v) is 41.5. The molecule has 19 heteroatoms. The highest BCUT2D eigenvalue weighted by Gasteiger charge is 2.30. The minimum absolute atomic E-state index is 0.0835. The van der Waals surface area contributed by atoms with Crippen LogP contribution < -0.4 is 0 Å². The van der Waals surface area contributed by atoms with Crippen LogP contribution in [0.2, 0.25) is 0 Å². The number of hydrogen-bond acceptors (Lipinski definition) is 15. The normalized spacial score (nSPS) is 14.3. The molecule has 0 rings (SSSR count). The number of rotatable bonds is 73. The molecule has 0 aliphatic rings. The van der Waals surface area contributed by atoms with Crippen LogP contribution in [0.15, 0.2) is 60.8 Å². The third-order valence-electron chi connectivity index (χ3n) is 16.5. The molecule has 17 nitrogen and oxygen atoms in total. The summed E-state index contributed by atoms with van der Waals surface area (Å²) in [7, 11) is -9.94. The number of phosphoric acid groups is 2. The molecule has 0 bridgehead atoms. The quantitative estimate of drug-likeness (QED) is 0.0169. The SMILES string of the molecule is CC/C=C\C/C=C\C/C=C\CCCCCCCC(=O)OCC(COP(=O)(O)OCC(O)COP(=O)(O)OCC(COC(=O)CCCCCCC/C=C\CCCCCCCC)OC(=O)CCCCCCCCCCCCCCCCC)OC(=O)CCCCCCC/C=C\CCCC. The minimum atomic E-state index is -4.97. The van der Waals surface area contributed by atoms with Crippen molar-refractivity contribution in [1.82, 2.24) is 0 Å². The Balaban J connectivity index is 5.31. The van der Waals surface area contributed by atoms with Gasteiger partial charge in [0, 0.05) is 25.7 Å². The van der Waals surface area contributed by atoms with Crippen molar-refractivity contribution in [3.8, 4) is 0 Å². The van der Waals surface area contributed by atoms with Crippen molar-refractivity contribution < 1.29 is 80.2 Å². The number of allylic oxidation sites excluding steroid dienone is 10. The standard InChI is InChI=1S/C77H140O17P2/c1-5-9-13-17-21-25-29-32-35-38-42-45-49-53-57-61-74(79)87-67-72(93-76(81)63-59-55-51-47-41-28-24-20-16-12-8-4)69-91-95(83,84)89-65-71(78)66-90-96(85,86)92-70-73(94-77(82)64-60-56-52-48-44-40-37-34-31-27-23-19-15-11-7-3)68-88-75(80)62-58-54-50-46-43-39-36-33-30-26-22-18-14-10-6-2/h9,13,20-21,24-25,32-33,35-36,71-73,78H,5-8,10-12,14-19,22-23,26-31,34,37-70H2,1-4H3,(H,83,84)(H,85,86)/b13-9-,24-20-,25-21-,35-32-,36-33-. The van der Waals surface area contributed by atoms with E-state index >= 15 is 0 Å². The Bertz CT molecular complexity index is 2060. The number of carbonyl (C=O) groups excluding carboxylic acids is 4. The Morgan fingerprint density at radius 1 is 0.302 bits per heavy atom. The zero-order chi connectivity index (χ0) is 70.4. The second-order valence-corrected chi connectivity index (χ2v) is 28.8. The van der Waals surface area contributed by atoms with Crippen LogP contribution >= 0.6 is 15.6 Å². The highest BCUT2D eigenvalue weighted by molar-refractivity contribution is 7.47. The zero-order valence-corrected chi connectivity index (χ0v) is 62.8. The Morgan fingerprint density at radius 2 is 0.552 bits per heavy atom. The molecule has 0 fully saturated rings. The number of esters is 4. The molecule has 0 aliphatic heterocycles. The molecule has 5 unspecified atom stereocenters. The molecular formula is C77H140O17P2. The molecule has 0 saturated heterocycles. The molecule has 0 heterocycles. The summed E-state index contributed by atoms with van der Waals surface area (Å²) >= 11 is 0. The lowest BCUT2D eigenvalue weighted by atomic mass is 10.0. The largest absolute Gasteiger partial charge is 0.472 e. The van der Waals surface area contributed by atoms with Crippen molar-refractivity contribution in [2.45, 2.75) is 367 Å². The van der Waals surface area contributed by atoms with E-state index in [0.717, 1.165) is 154 Å². The van der Waals surface area contributed by atoms with E-state index in [1.807, 2.05) is 0 Å². The summed E-state index contributed by atoms with van der Waals surface area (Å²) in [6.07, 6.45) is 67.8. The van der Waals surface area contributed by atoms with Crippen molar-refractivity contribution >= 4 is 39.5 Å². The van der Waals surface area contributed by atoms with Gasteiger partial charge in [0.25, 0.3) is 0 Å². The van der Waals surface area contributed by atoms with Crippen molar-refractivity contribution in [3.05, 3.63) is 60.8 Å². The Morgan fingerprint density at radius 3 is 0.875 bits per heavy atom. The maximum Gasteiger partial charge on any atom is 0.472 e. The fourth-order valence-electron chi connectivity index (χ4n) is 10.6. The molecule has 0 aromatic carbocycles. The summed E-state index contributed by atoms with van der Waals surface area (Å²) in [6, 6.07) is 0. The fraction of sp³-hybridized carbons (Fsp3) is 0.818. The van der Waals surface area contributed by atoms with Gasteiger partial charge in [-0.1, -0.05) is 281 Å². The number of hydrogen-bond donors (Lipinski definition) is 3. The summed E-state index contributed by atoms with van der Waals surface area (Å²) in [4.78, 5) is 72.8. The van der Waals surface area contributed by atoms with E-state index in [1.165, 1.54) is 116 Å². The summed E-state index contributed by atoms with van der Waals surface area (Å²) in [5, 5.41) is 10.6. The molecule has 5 atom stereocenters. The number of carbonyl (C=O) groups is 4. The van der Waals surface area contributed by atoms with Crippen LogP contribution in [0.25, 0.3) is 0 Å². The predicted molar refractivity (Wildman–Crippen MR) is 390 cm³/mol. The van der Waals surface area contributed by atoms with Crippen LogP contribution in [-0.4, -0.2) is 96.7 Å². The number of ether oxygens (including phenoxy) is 4. The number of unbranched alkanes of at least 4 members (excludes halogenated alkanes) is 37. The molecule has 0 aliphatic carbocycles. The van der Waals surface area contributed by atoms with E-state index in [-0.39, 0.29) is 25.7 Å². The van der Waals surface area contributed by atoms with Gasteiger partial charge < -0.3 is 33.8 Å². The maximum absolute atomic E-state index is 13.1. The summed E-state index contributed by atoms with van der Waals surface area (Å²) < 4.78 is 68.4. The van der Waals surface area contributed by atoms with Gasteiger partial charge in [-0.05, 0) is 103 Å². The number of aliphatic hydroxyl groups excluding tert-OH is 1. The molecule has 0 aromatic rings. The molecule has 3 N–H and O–H groups in total. The van der Waals surface area contributed by atoms with Crippen LogP contribution in [-0.2, 0) is 65.4 Å². The van der Waals surface area contributed by atoms with E-state index in [9.17, 15) is 43.2 Å². The predicted octanol–water partition coefficient (Wildman–Crippen LogP) is 21.9. The molecule has 560 valence electrons. The average Bonchev–Trinajstić information content (AvgIpc) is 1.11. The van der Waals surface area contributed by atoms with Crippen molar-refractivity contribution in [3.63, 3.8) is 0 Å². The highest BCUT2D eigenvalue weighted by atomic mass is 31.2. The monoisotopic (exact) mass is 1400 g/mol. The minimum Gasteiger partial charge on any atom is -0.462 e. The van der Waals surface area contributed by atoms with Crippen LogP contribution in [0.1, 0.15) is 349 Å². The van der Waals surface area contributed by atoms with Gasteiger partial charge >= 0.3 is 39.5 Å². The first-order valence-electron chi connectivity index (χ1n) is 38.5. The van der Waals surface area contributed by atoms with E-state index in [4.69, 9.17) is 37.0 Å². The molecule has 0 spiro atoms. The van der Waals surface area contributed by atoms with E-state index in [2.05, 4.69) is 88.5 Å². The third-order valence-corrected chi connectivity index (χ3v) is 18.4. The van der Waals surface area contributed by atoms with E-state index in [0.29, 0.717) is 25.7 Å². The fourth-order valence-corrected chi connectivity index (χ4v) is 12.1. The average molecular weight is 1400 g/mol. The lowest BCUT2D eigenvalue weighted by Crippen LogP contribution is -2.30. The van der Waals surface area contributed by atoms with Gasteiger partial charge in [0.1, 0.15) is 19.3 Å². The highest BCUT2D eigenvalue weighted by Crippen LogP contribution is 2.45. The van der Waals surface area contributed by atoms with Gasteiger partial charge in [-0.25, -0.2) is 9.13 Å². The molecule has 0 saturated carbocycles. The van der Waals surface area contributed by atoms with Crippen LogP contribution in [0.4, 0.5) is 0 Å². The Kier molecular flexibility index (Phi) is 67.8. The molecule has 96 heavy (non-hydrogen) atoms. The van der Waals surface area contributed by atoms with Crippen LogP contribution in [0.3, 0.4) is 0 Å². The second kappa shape index (κ2) is 70.2. The second-order valence-electron chi connectivity index (χ2n) is 25.9. The maximum atomic E-state index is 13.1. The first kappa shape index (κ1) is 92.8. The lowest BCUT2D eigenvalue weighted by Gasteiger charge is -2.21. The van der Waals surface area contributed by atoms with Crippen molar-refractivity contribution in [2.75, 3.05) is 39.6 Å². The zero-order valence-electron chi connectivity index (χ0n) is 61.1. The van der Waals surface area contributed by atoms with Crippen molar-refractivity contribution in [1.29, 1.82) is 0 Å². The topological polar surface area (TPSA) is 237 Å². The summed E-state index contributed by atoms with van der Waals surface area (Å²) in [6.45, 7) is 4.74. The van der Waals surface area contributed by atoms with Crippen molar-refractivity contribution in [2.24, 2.45) is 0 Å². The lowest BCUT2D eigenvalue weighted by molar-refractivity contribution is -0.161.